The van der Waals surface area contributed by atoms with Crippen molar-refractivity contribution in [1.29, 1.82) is 0 Å². The summed E-state index contributed by atoms with van der Waals surface area (Å²) in [7, 11) is -3.26. The monoisotopic (exact) mass is 1370 g/mol. The molecule has 0 aliphatic rings. The third-order valence-electron chi connectivity index (χ3n) is 19.4. The molecule has 6 heteroatoms. The molecule has 0 bridgehead atoms. The van der Waals surface area contributed by atoms with Gasteiger partial charge in [-0.1, -0.05) is 384 Å². The molecule has 0 rings (SSSR count). The molecular formula is C90H176O5Si. The molecule has 0 aliphatic heterocycles. The Hall–Kier alpha value is -1.28. The summed E-state index contributed by atoms with van der Waals surface area (Å²) in [6, 6.07) is 0. The maximum atomic E-state index is 8.66. The Morgan fingerprint density at radius 3 is 0.438 bits per heavy atom. The fraction of sp³-hybridized carbons (Fsp3) is 0.889. The van der Waals surface area contributed by atoms with Crippen molar-refractivity contribution in [1.82, 2.24) is 0 Å². The molecule has 96 heavy (non-hydrogen) atoms. The van der Waals surface area contributed by atoms with E-state index in [0.717, 1.165) is 32.1 Å². The Kier molecular flexibility index (Phi) is 92.5. The van der Waals surface area contributed by atoms with Gasteiger partial charge in [0.2, 0.25) is 0 Å². The number of allylic oxidation sites excluding steroid dienone is 10. The zero-order chi connectivity index (χ0) is 69.4. The molecule has 0 radical (unpaired) electrons. The van der Waals surface area contributed by atoms with Gasteiger partial charge in [-0.15, -0.1) is 0 Å². The molecule has 0 aromatic carbocycles. The number of hydrogen-bond acceptors (Lipinski definition) is 5. The van der Waals surface area contributed by atoms with Crippen LogP contribution in [0.15, 0.2) is 60.8 Å². The van der Waals surface area contributed by atoms with Crippen LogP contribution < -0.4 is 0 Å². The molecule has 0 aromatic rings. The molecule has 0 aromatic heterocycles. The highest BCUT2D eigenvalue weighted by atomic mass is 28.4. The van der Waals surface area contributed by atoms with Gasteiger partial charge >= 0.3 is 9.05 Å². The second-order valence-corrected chi connectivity index (χ2v) is 31.5. The van der Waals surface area contributed by atoms with E-state index < -0.39 is 9.05 Å². The fourth-order valence-electron chi connectivity index (χ4n) is 12.8. The third kappa shape index (κ3) is 86.9. The molecule has 0 fully saturated rings. The van der Waals surface area contributed by atoms with E-state index >= 15 is 0 Å². The zero-order valence-electron chi connectivity index (χ0n) is 66.4. The normalized spacial score (nSPS) is 12.2. The van der Waals surface area contributed by atoms with Crippen LogP contribution >= 0.6 is 0 Å². The highest BCUT2D eigenvalue weighted by Crippen LogP contribution is 2.21. The summed E-state index contributed by atoms with van der Waals surface area (Å²) in [6.07, 6.45) is 116. The molecule has 570 valence electrons. The van der Waals surface area contributed by atoms with Crippen LogP contribution in [0.4, 0.5) is 0 Å². The molecule has 0 amide bonds. The van der Waals surface area contributed by atoms with E-state index in [2.05, 4.69) is 95.4 Å². The minimum Gasteiger partial charge on any atom is -0.396 e. The first-order chi connectivity index (χ1) is 47.7. The number of aliphatic hydroxyl groups excluding tert-OH is 1. The van der Waals surface area contributed by atoms with Gasteiger partial charge < -0.3 is 22.8 Å². The van der Waals surface area contributed by atoms with Crippen molar-refractivity contribution in [2.24, 2.45) is 0 Å². The predicted molar refractivity (Wildman–Crippen MR) is 434 cm³/mol. The zero-order valence-corrected chi connectivity index (χ0v) is 67.4. The summed E-state index contributed by atoms with van der Waals surface area (Å²) in [5, 5.41) is 8.66. The maximum absolute atomic E-state index is 8.66. The van der Waals surface area contributed by atoms with Gasteiger partial charge in [0.15, 0.2) is 0 Å². The van der Waals surface area contributed by atoms with Crippen LogP contribution in [0.3, 0.4) is 0 Å². The topological polar surface area (TPSA) is 57.2 Å². The Balaban J connectivity index is 0. The molecule has 0 heterocycles. The fourth-order valence-corrected chi connectivity index (χ4v) is 14.9. The molecular weight excluding hydrogens is 1190 g/mol. The van der Waals surface area contributed by atoms with Crippen LogP contribution in [0.2, 0.25) is 0 Å². The molecule has 0 saturated carbocycles. The minimum absolute atomic E-state index is 0.362. The highest BCUT2D eigenvalue weighted by molar-refractivity contribution is 6.53. The van der Waals surface area contributed by atoms with Crippen LogP contribution in [-0.4, -0.2) is 47.2 Å². The average Bonchev–Trinajstić information content (AvgIpc) is 1.81. The number of aliphatic hydroxyl groups is 1. The van der Waals surface area contributed by atoms with Gasteiger partial charge in [-0.25, -0.2) is 0 Å². The molecule has 0 saturated heterocycles. The first kappa shape index (κ1) is 96.8. The van der Waals surface area contributed by atoms with Gasteiger partial charge in [-0.05, 0) is 161 Å². The Bertz CT molecular complexity index is 1320. The minimum atomic E-state index is -3.26. The van der Waals surface area contributed by atoms with E-state index in [9.17, 15) is 0 Å². The van der Waals surface area contributed by atoms with Gasteiger partial charge in [-0.2, -0.15) is 0 Å². The molecule has 5 nitrogen and oxygen atoms in total. The van der Waals surface area contributed by atoms with Crippen molar-refractivity contribution >= 4 is 9.05 Å². The average molecular weight is 1370 g/mol. The van der Waals surface area contributed by atoms with Crippen molar-refractivity contribution in [2.75, 3.05) is 33.0 Å². The van der Waals surface area contributed by atoms with Crippen molar-refractivity contribution < 1.29 is 22.8 Å². The first-order valence-corrected chi connectivity index (χ1v) is 45.7. The SMILES string of the molecule is CCCCCCCC/C=C\CCCCCCCCO.CCCCCCCC/C=C\CCCCCCCCO[Si](OCCCCCCCC/C=C\CCCCCCCC)(OCCCCCCCC/C=C\CCCCCCCC)OCCCCCCCC/C=C\CCCCCCCC. The van der Waals surface area contributed by atoms with Crippen molar-refractivity contribution in [2.45, 2.75) is 484 Å². The lowest BCUT2D eigenvalue weighted by molar-refractivity contribution is -0.0375. The summed E-state index contributed by atoms with van der Waals surface area (Å²) in [5.74, 6) is 0. The number of unbranched alkanes of at least 4 members (excludes halogenated alkanes) is 60. The van der Waals surface area contributed by atoms with Crippen LogP contribution in [0.5, 0.6) is 0 Å². The summed E-state index contributed by atoms with van der Waals surface area (Å²) >= 11 is 0. The molecule has 0 spiro atoms. The van der Waals surface area contributed by atoms with E-state index in [1.807, 2.05) is 0 Å². The second-order valence-electron chi connectivity index (χ2n) is 29.3. The Morgan fingerprint density at radius 2 is 0.292 bits per heavy atom. The standard InChI is InChI=1S/C72H140O4Si.C18H36O/c1-5-9-13-17-21-25-29-33-37-41-45-49-53-57-61-65-69-73-77(74-70-66-62-58-54-50-46-42-38-34-30-26-22-18-14-10-6-2,75-71-67-63-59-55-51-47-43-39-35-31-27-23-19-15-11-7-3)76-72-68-64-60-56-52-48-44-40-36-32-28-24-20-16-12-8-4;1-2-3-4-5-6-7-8-9-10-11-12-13-14-15-16-17-18-19/h33-40H,5-32,41-72H2,1-4H3;9-10,19H,2-8,11-18H2,1H3/b37-33-,38-34-,39-35-,40-36-;10-9-. The smallest absolute Gasteiger partial charge is 0.396 e. The summed E-state index contributed by atoms with van der Waals surface area (Å²) in [5.41, 5.74) is 0. The Labute approximate surface area is 606 Å². The van der Waals surface area contributed by atoms with E-state index in [1.165, 1.54) is 417 Å². The molecule has 0 atom stereocenters. The first-order valence-electron chi connectivity index (χ1n) is 44.1. The van der Waals surface area contributed by atoms with E-state index in [4.69, 9.17) is 22.8 Å². The van der Waals surface area contributed by atoms with Crippen molar-refractivity contribution in [3.63, 3.8) is 0 Å². The summed E-state index contributed by atoms with van der Waals surface area (Å²) in [6.45, 7) is 14.6. The van der Waals surface area contributed by atoms with E-state index in [0.29, 0.717) is 33.0 Å². The molecule has 1 N–H and O–H groups in total. The Morgan fingerprint density at radius 1 is 0.167 bits per heavy atom. The lowest BCUT2D eigenvalue weighted by Crippen LogP contribution is -2.50. The second kappa shape index (κ2) is 91.7. The van der Waals surface area contributed by atoms with Crippen LogP contribution in [0.25, 0.3) is 0 Å². The highest BCUT2D eigenvalue weighted by Gasteiger charge is 2.45. The van der Waals surface area contributed by atoms with Gasteiger partial charge in [0.25, 0.3) is 0 Å². The number of hydrogen-bond donors (Lipinski definition) is 1. The van der Waals surface area contributed by atoms with Crippen LogP contribution in [-0.2, 0) is 17.7 Å². The quantitative estimate of drug-likeness (QED) is 0.0374. The summed E-state index contributed by atoms with van der Waals surface area (Å²) in [4.78, 5) is 0. The van der Waals surface area contributed by atoms with Crippen molar-refractivity contribution in [3.8, 4) is 0 Å². The van der Waals surface area contributed by atoms with Gasteiger partial charge in [0.05, 0.1) is 0 Å². The van der Waals surface area contributed by atoms with Crippen LogP contribution in [0, 0.1) is 0 Å². The van der Waals surface area contributed by atoms with E-state index in [-0.39, 0.29) is 0 Å². The third-order valence-corrected chi connectivity index (χ3v) is 21.6. The van der Waals surface area contributed by atoms with Gasteiger partial charge in [0.1, 0.15) is 0 Å². The summed E-state index contributed by atoms with van der Waals surface area (Å²) < 4.78 is 27.1. The number of rotatable bonds is 83. The van der Waals surface area contributed by atoms with Gasteiger partial charge in [-0.3, -0.25) is 0 Å². The van der Waals surface area contributed by atoms with Crippen LogP contribution in [0.1, 0.15) is 484 Å². The predicted octanol–water partition coefficient (Wildman–Crippen LogP) is 31.7. The molecule has 0 unspecified atom stereocenters. The maximum Gasteiger partial charge on any atom is 0.679 e. The largest absolute Gasteiger partial charge is 0.679 e. The lowest BCUT2D eigenvalue weighted by atomic mass is 10.1. The van der Waals surface area contributed by atoms with Gasteiger partial charge in [0, 0.05) is 33.0 Å². The van der Waals surface area contributed by atoms with E-state index in [1.54, 1.807) is 0 Å². The van der Waals surface area contributed by atoms with Crippen molar-refractivity contribution in [3.05, 3.63) is 60.8 Å². The lowest BCUT2D eigenvalue weighted by Gasteiger charge is -2.28. The molecule has 0 aliphatic carbocycles.